The van der Waals surface area contributed by atoms with Crippen molar-refractivity contribution in [1.82, 2.24) is 9.80 Å². The number of hydrogen-bond acceptors (Lipinski definition) is 6. The Morgan fingerprint density at radius 3 is 2.33 bits per heavy atom. The quantitative estimate of drug-likeness (QED) is 0.241. The molecule has 2 rings (SSSR count). The Hall–Kier alpha value is -2.29. The van der Waals surface area contributed by atoms with Crippen molar-refractivity contribution in [1.29, 1.82) is 0 Å². The highest BCUT2D eigenvalue weighted by atomic mass is 35.5. The van der Waals surface area contributed by atoms with Gasteiger partial charge in [-0.15, -0.1) is 22.9 Å². The Balaban J connectivity index is 2.24. The fraction of sp³-hybridized carbons (Fsp3) is 0.556. The lowest BCUT2D eigenvalue weighted by atomic mass is 9.94. The van der Waals surface area contributed by atoms with E-state index in [-0.39, 0.29) is 24.2 Å². The van der Waals surface area contributed by atoms with E-state index in [2.05, 4.69) is 6.07 Å². The zero-order valence-electron chi connectivity index (χ0n) is 22.3. The SMILES string of the molecule is COCCCN(CC(=O)N(CCc1ccc(OC)c(OC)c1)Cc1sccc1C)C(=O)C(C)(C)CCl. The molecule has 0 atom stereocenters. The molecule has 0 saturated heterocycles. The minimum absolute atomic E-state index is 0.000771. The molecule has 0 spiro atoms. The molecule has 1 aromatic heterocycles. The van der Waals surface area contributed by atoms with Crippen LogP contribution in [0, 0.1) is 12.3 Å². The van der Waals surface area contributed by atoms with Crippen molar-refractivity contribution in [3.05, 3.63) is 45.6 Å². The van der Waals surface area contributed by atoms with Gasteiger partial charge in [-0.3, -0.25) is 9.59 Å². The van der Waals surface area contributed by atoms with E-state index in [4.69, 9.17) is 25.8 Å². The Kier molecular flexibility index (Phi) is 12.0. The van der Waals surface area contributed by atoms with E-state index < -0.39 is 5.41 Å². The third kappa shape index (κ3) is 8.39. The van der Waals surface area contributed by atoms with Crippen molar-refractivity contribution in [2.45, 2.75) is 40.2 Å². The van der Waals surface area contributed by atoms with Crippen LogP contribution >= 0.6 is 22.9 Å². The van der Waals surface area contributed by atoms with Crippen LogP contribution in [-0.2, 0) is 27.3 Å². The van der Waals surface area contributed by atoms with Gasteiger partial charge in [0.15, 0.2) is 11.5 Å². The fourth-order valence-electron chi connectivity index (χ4n) is 3.73. The summed E-state index contributed by atoms with van der Waals surface area (Å²) in [4.78, 5) is 31.4. The molecule has 1 aromatic carbocycles. The molecule has 0 bridgehead atoms. The minimum Gasteiger partial charge on any atom is -0.493 e. The van der Waals surface area contributed by atoms with Gasteiger partial charge in [-0.2, -0.15) is 0 Å². The molecule has 0 unspecified atom stereocenters. The van der Waals surface area contributed by atoms with Crippen molar-refractivity contribution in [2.24, 2.45) is 5.41 Å². The van der Waals surface area contributed by atoms with Crippen LogP contribution in [0.2, 0.25) is 0 Å². The predicted molar refractivity (Wildman–Crippen MR) is 145 cm³/mol. The van der Waals surface area contributed by atoms with Gasteiger partial charge >= 0.3 is 0 Å². The van der Waals surface area contributed by atoms with E-state index in [0.717, 1.165) is 16.0 Å². The Morgan fingerprint density at radius 1 is 1.03 bits per heavy atom. The van der Waals surface area contributed by atoms with Gasteiger partial charge in [0.2, 0.25) is 11.8 Å². The first-order valence-corrected chi connectivity index (χ1v) is 13.4. The number of carbonyl (C=O) groups excluding carboxylic acids is 2. The van der Waals surface area contributed by atoms with E-state index in [9.17, 15) is 9.59 Å². The fourth-order valence-corrected chi connectivity index (χ4v) is 4.77. The molecule has 2 aromatic rings. The number of carbonyl (C=O) groups is 2. The Labute approximate surface area is 224 Å². The molecular formula is C27H39ClN2O5S. The summed E-state index contributed by atoms with van der Waals surface area (Å²) in [7, 11) is 4.83. The molecule has 36 heavy (non-hydrogen) atoms. The predicted octanol–water partition coefficient (Wildman–Crippen LogP) is 4.78. The second kappa shape index (κ2) is 14.4. The molecule has 9 heteroatoms. The number of ether oxygens (including phenoxy) is 3. The zero-order chi connectivity index (χ0) is 26.7. The largest absolute Gasteiger partial charge is 0.493 e. The van der Waals surface area contributed by atoms with Crippen molar-refractivity contribution >= 4 is 34.8 Å². The number of nitrogens with zero attached hydrogens (tertiary/aromatic N) is 2. The van der Waals surface area contributed by atoms with E-state index in [1.165, 1.54) is 0 Å². The molecule has 0 aliphatic carbocycles. The summed E-state index contributed by atoms with van der Waals surface area (Å²) in [5, 5.41) is 2.03. The van der Waals surface area contributed by atoms with Crippen LogP contribution in [0.1, 0.15) is 36.3 Å². The standard InChI is InChI=1S/C27H39ClN2O5S/c1-20-11-15-36-24(20)17-29(13-10-21-8-9-22(34-5)23(16-21)35-6)25(31)18-30(12-7-14-33-4)26(32)27(2,3)19-28/h8-9,11,15-16H,7,10,12-14,17-19H2,1-6H3. The van der Waals surface area contributed by atoms with E-state index >= 15 is 0 Å². The summed E-state index contributed by atoms with van der Waals surface area (Å²) in [5.74, 6) is 1.27. The number of halogens is 1. The molecule has 2 amide bonds. The number of benzene rings is 1. The molecule has 0 saturated carbocycles. The third-order valence-electron chi connectivity index (χ3n) is 6.08. The van der Waals surface area contributed by atoms with Crippen LogP contribution in [0.3, 0.4) is 0 Å². The normalized spacial score (nSPS) is 11.3. The summed E-state index contributed by atoms with van der Waals surface area (Å²) >= 11 is 7.72. The van der Waals surface area contributed by atoms with E-state index in [1.807, 2.05) is 35.4 Å². The lowest BCUT2D eigenvalue weighted by Crippen LogP contribution is -2.48. The number of aryl methyl sites for hydroxylation is 1. The van der Waals surface area contributed by atoms with Gasteiger partial charge in [-0.1, -0.05) is 6.07 Å². The highest BCUT2D eigenvalue weighted by Gasteiger charge is 2.33. The smallest absolute Gasteiger partial charge is 0.242 e. The van der Waals surface area contributed by atoms with Crippen molar-refractivity contribution < 1.29 is 23.8 Å². The highest BCUT2D eigenvalue weighted by Crippen LogP contribution is 2.28. The molecule has 0 aliphatic rings. The molecular weight excluding hydrogens is 500 g/mol. The van der Waals surface area contributed by atoms with Crippen molar-refractivity contribution in [2.75, 3.05) is 53.5 Å². The molecule has 200 valence electrons. The molecule has 0 N–H and O–H groups in total. The highest BCUT2D eigenvalue weighted by molar-refractivity contribution is 7.10. The monoisotopic (exact) mass is 538 g/mol. The van der Waals surface area contributed by atoms with Gasteiger partial charge in [0, 0.05) is 37.6 Å². The number of thiophene rings is 1. The molecule has 1 heterocycles. The summed E-state index contributed by atoms with van der Waals surface area (Å²) in [5.41, 5.74) is 1.42. The summed E-state index contributed by atoms with van der Waals surface area (Å²) in [6, 6.07) is 7.83. The van der Waals surface area contributed by atoms with Crippen LogP contribution in [0.15, 0.2) is 29.6 Å². The molecule has 0 radical (unpaired) electrons. The number of alkyl halides is 1. The van der Waals surface area contributed by atoms with Crippen LogP contribution < -0.4 is 9.47 Å². The first-order valence-electron chi connectivity index (χ1n) is 12.0. The van der Waals surface area contributed by atoms with Crippen LogP contribution in [-0.4, -0.2) is 75.1 Å². The lowest BCUT2D eigenvalue weighted by Gasteiger charge is -2.32. The third-order valence-corrected chi connectivity index (χ3v) is 7.75. The minimum atomic E-state index is -0.760. The Bertz CT molecular complexity index is 994. The maximum absolute atomic E-state index is 13.6. The topological polar surface area (TPSA) is 68.3 Å². The molecule has 0 fully saturated rings. The van der Waals surface area contributed by atoms with Gasteiger partial charge in [-0.25, -0.2) is 0 Å². The average molecular weight is 539 g/mol. The average Bonchev–Trinajstić information content (AvgIpc) is 3.29. The maximum Gasteiger partial charge on any atom is 0.242 e. The van der Waals surface area contributed by atoms with E-state index in [1.54, 1.807) is 51.4 Å². The van der Waals surface area contributed by atoms with E-state index in [0.29, 0.717) is 50.6 Å². The number of methoxy groups -OCH3 is 3. The number of hydrogen-bond donors (Lipinski definition) is 0. The van der Waals surface area contributed by atoms with Gasteiger partial charge in [0.1, 0.15) is 0 Å². The van der Waals surface area contributed by atoms with Crippen LogP contribution in [0.5, 0.6) is 11.5 Å². The van der Waals surface area contributed by atoms with Crippen molar-refractivity contribution in [3.63, 3.8) is 0 Å². The maximum atomic E-state index is 13.6. The second-order valence-corrected chi connectivity index (χ2v) is 10.6. The summed E-state index contributed by atoms with van der Waals surface area (Å²) < 4.78 is 15.9. The Morgan fingerprint density at radius 2 is 1.75 bits per heavy atom. The molecule has 0 aliphatic heterocycles. The first kappa shape index (κ1) is 29.9. The zero-order valence-corrected chi connectivity index (χ0v) is 23.8. The van der Waals surface area contributed by atoms with Crippen molar-refractivity contribution in [3.8, 4) is 11.5 Å². The van der Waals surface area contributed by atoms with Gasteiger partial charge in [0.05, 0.1) is 32.7 Å². The second-order valence-electron chi connectivity index (χ2n) is 9.37. The van der Waals surface area contributed by atoms with Crippen LogP contribution in [0.25, 0.3) is 0 Å². The van der Waals surface area contributed by atoms with Gasteiger partial charge in [-0.05, 0) is 68.3 Å². The number of amides is 2. The number of rotatable bonds is 15. The summed E-state index contributed by atoms with van der Waals surface area (Å²) in [6.07, 6.45) is 1.28. The van der Waals surface area contributed by atoms with Crippen LogP contribution in [0.4, 0.5) is 0 Å². The molecule has 7 nitrogen and oxygen atoms in total. The van der Waals surface area contributed by atoms with Gasteiger partial charge in [0.25, 0.3) is 0 Å². The van der Waals surface area contributed by atoms with Gasteiger partial charge < -0.3 is 24.0 Å². The first-order chi connectivity index (χ1) is 17.2. The lowest BCUT2D eigenvalue weighted by molar-refractivity contribution is -0.145. The summed E-state index contributed by atoms with van der Waals surface area (Å²) in [6.45, 7) is 7.60.